The normalized spacial score (nSPS) is 19.7. The van der Waals surface area contributed by atoms with Crippen LogP contribution in [0.3, 0.4) is 0 Å². The lowest BCUT2D eigenvalue weighted by Gasteiger charge is -2.42. The minimum Gasteiger partial charge on any atom is -0.496 e. The minimum atomic E-state index is -0.150. The number of hydrogen-bond acceptors (Lipinski definition) is 4. The van der Waals surface area contributed by atoms with Crippen molar-refractivity contribution < 1.29 is 14.3 Å². The first-order valence-electron chi connectivity index (χ1n) is 10.4. The highest BCUT2D eigenvalue weighted by Gasteiger charge is 2.36. The number of pyridine rings is 1. The van der Waals surface area contributed by atoms with Crippen LogP contribution >= 0.6 is 0 Å². The summed E-state index contributed by atoms with van der Waals surface area (Å²) in [5.74, 6) is 1.06. The molecule has 0 unspecified atom stereocenters. The van der Waals surface area contributed by atoms with Gasteiger partial charge < -0.3 is 19.5 Å². The van der Waals surface area contributed by atoms with Crippen molar-refractivity contribution in [2.45, 2.75) is 38.3 Å². The number of benzene rings is 1. The number of nitrogens with zero attached hydrogens (tertiary/aromatic N) is 2. The number of carbonyl (C=O) groups excluding carboxylic acids is 2. The summed E-state index contributed by atoms with van der Waals surface area (Å²) in [6, 6.07) is 12.9. The zero-order valence-corrected chi connectivity index (χ0v) is 17.2. The number of hydrogen-bond donors (Lipinski definition) is 1. The van der Waals surface area contributed by atoms with Crippen molar-refractivity contribution in [3.63, 3.8) is 0 Å². The van der Waals surface area contributed by atoms with Crippen molar-refractivity contribution in [1.29, 1.82) is 0 Å². The highest BCUT2D eigenvalue weighted by Crippen LogP contribution is 2.35. The summed E-state index contributed by atoms with van der Waals surface area (Å²) >= 11 is 0. The molecule has 0 radical (unpaired) electrons. The average Bonchev–Trinajstić information content (AvgIpc) is 2.76. The van der Waals surface area contributed by atoms with E-state index in [0.29, 0.717) is 32.1 Å². The van der Waals surface area contributed by atoms with Crippen LogP contribution in [-0.2, 0) is 22.7 Å². The molecule has 2 bridgehead atoms. The van der Waals surface area contributed by atoms with Gasteiger partial charge in [0, 0.05) is 62.3 Å². The first-order valence-corrected chi connectivity index (χ1v) is 10.4. The Hall–Kier alpha value is -3.09. The highest BCUT2D eigenvalue weighted by atomic mass is 16.5. The van der Waals surface area contributed by atoms with Crippen LogP contribution in [0.4, 0.5) is 0 Å². The second kappa shape index (κ2) is 8.73. The summed E-state index contributed by atoms with van der Waals surface area (Å²) in [7, 11) is 1.60. The maximum atomic E-state index is 12.7. The second-order valence-corrected chi connectivity index (χ2v) is 8.09. The summed E-state index contributed by atoms with van der Waals surface area (Å²) < 4.78 is 7.14. The molecule has 7 heteroatoms. The molecule has 0 aliphatic carbocycles. The molecular formula is C23H27N3O4. The molecule has 1 fully saturated rings. The number of amides is 2. The molecule has 2 amide bonds. The smallest absolute Gasteiger partial charge is 0.250 e. The number of nitrogens with one attached hydrogen (secondary N) is 1. The van der Waals surface area contributed by atoms with Crippen LogP contribution in [0.1, 0.15) is 36.4 Å². The molecule has 1 aromatic carbocycles. The monoisotopic (exact) mass is 409 g/mol. The molecule has 0 saturated carbocycles. The molecule has 158 valence electrons. The summed E-state index contributed by atoms with van der Waals surface area (Å²) in [4.78, 5) is 39.0. The quantitative estimate of drug-likeness (QED) is 0.790. The fourth-order valence-electron chi connectivity index (χ4n) is 4.61. The van der Waals surface area contributed by atoms with Crippen molar-refractivity contribution in [2.24, 2.45) is 5.92 Å². The van der Waals surface area contributed by atoms with Gasteiger partial charge in [-0.2, -0.15) is 0 Å². The number of ether oxygens (including phenoxy) is 1. The summed E-state index contributed by atoms with van der Waals surface area (Å²) in [5, 5.41) is 2.86. The van der Waals surface area contributed by atoms with Gasteiger partial charge in [-0.3, -0.25) is 14.4 Å². The maximum Gasteiger partial charge on any atom is 0.250 e. The van der Waals surface area contributed by atoms with E-state index in [9.17, 15) is 14.4 Å². The number of aromatic nitrogens is 1. The van der Waals surface area contributed by atoms with E-state index in [2.05, 4.69) is 5.32 Å². The van der Waals surface area contributed by atoms with Crippen LogP contribution in [0, 0.1) is 5.92 Å². The maximum absolute atomic E-state index is 12.7. The lowest BCUT2D eigenvalue weighted by molar-refractivity contribution is -0.136. The Labute approximate surface area is 175 Å². The van der Waals surface area contributed by atoms with Crippen LogP contribution < -0.4 is 15.6 Å². The van der Waals surface area contributed by atoms with E-state index in [1.165, 1.54) is 0 Å². The molecule has 2 aliphatic rings. The van der Waals surface area contributed by atoms with Gasteiger partial charge in [0.1, 0.15) is 5.75 Å². The Balaban J connectivity index is 1.30. The Morgan fingerprint density at radius 1 is 1.07 bits per heavy atom. The van der Waals surface area contributed by atoms with Crippen molar-refractivity contribution in [3.8, 4) is 5.75 Å². The lowest BCUT2D eigenvalue weighted by Crippen LogP contribution is -2.49. The highest BCUT2D eigenvalue weighted by molar-refractivity contribution is 5.83. The summed E-state index contributed by atoms with van der Waals surface area (Å²) in [6.45, 7) is 2.30. The van der Waals surface area contributed by atoms with E-state index in [4.69, 9.17) is 4.74 Å². The largest absolute Gasteiger partial charge is 0.496 e. The van der Waals surface area contributed by atoms with Gasteiger partial charge in [-0.25, -0.2) is 0 Å². The van der Waals surface area contributed by atoms with E-state index in [-0.39, 0.29) is 36.1 Å². The standard InChI is InChI=1S/C23H27N3O4/c1-30-20-7-3-2-5-17(20)12-24-21(27)9-10-22(28)25-13-16-11-18(15-25)19-6-4-8-23(29)26(19)14-16/h2-8,16,18H,9-15H2,1H3,(H,24,27)/t16-,18+/m0/s1. The molecule has 4 rings (SSSR count). The van der Waals surface area contributed by atoms with Gasteiger partial charge in [0.15, 0.2) is 0 Å². The third-order valence-corrected chi connectivity index (χ3v) is 6.07. The number of rotatable bonds is 6. The molecule has 1 saturated heterocycles. The van der Waals surface area contributed by atoms with E-state index < -0.39 is 0 Å². The molecule has 2 atom stereocenters. The Kier molecular flexibility index (Phi) is 5.88. The van der Waals surface area contributed by atoms with Gasteiger partial charge >= 0.3 is 0 Å². The zero-order valence-electron chi connectivity index (χ0n) is 17.2. The summed E-state index contributed by atoms with van der Waals surface area (Å²) in [6.07, 6.45) is 1.36. The Morgan fingerprint density at radius 3 is 2.73 bits per heavy atom. The van der Waals surface area contributed by atoms with Crippen LogP contribution in [-0.4, -0.2) is 41.5 Å². The number of para-hydroxylation sites is 1. The fourth-order valence-corrected chi connectivity index (χ4v) is 4.61. The SMILES string of the molecule is COc1ccccc1CNC(=O)CCC(=O)N1C[C@@H]2C[C@H](C1)c1cccc(=O)n1C2. The molecule has 0 spiro atoms. The number of methoxy groups -OCH3 is 1. The van der Waals surface area contributed by atoms with Crippen molar-refractivity contribution in [1.82, 2.24) is 14.8 Å². The van der Waals surface area contributed by atoms with Crippen molar-refractivity contribution in [2.75, 3.05) is 20.2 Å². The number of fused-ring (bicyclic) bond motifs is 4. The van der Waals surface area contributed by atoms with E-state index >= 15 is 0 Å². The molecule has 3 heterocycles. The van der Waals surface area contributed by atoms with Gasteiger partial charge in [-0.15, -0.1) is 0 Å². The van der Waals surface area contributed by atoms with E-state index in [0.717, 1.165) is 23.4 Å². The zero-order chi connectivity index (χ0) is 21.1. The van der Waals surface area contributed by atoms with Crippen LogP contribution in [0.15, 0.2) is 47.3 Å². The molecular weight excluding hydrogens is 382 g/mol. The third kappa shape index (κ3) is 4.25. The first kappa shape index (κ1) is 20.2. The van der Waals surface area contributed by atoms with E-state index in [1.54, 1.807) is 19.2 Å². The second-order valence-electron chi connectivity index (χ2n) is 8.09. The van der Waals surface area contributed by atoms with Crippen LogP contribution in [0.5, 0.6) is 5.75 Å². The lowest BCUT2D eigenvalue weighted by atomic mass is 9.83. The van der Waals surface area contributed by atoms with Gasteiger partial charge in [-0.1, -0.05) is 24.3 Å². The van der Waals surface area contributed by atoms with Gasteiger partial charge in [0.2, 0.25) is 11.8 Å². The van der Waals surface area contributed by atoms with Gasteiger partial charge in [0.25, 0.3) is 5.56 Å². The minimum absolute atomic E-state index is 0.00358. The van der Waals surface area contributed by atoms with Gasteiger partial charge in [-0.05, 0) is 24.5 Å². The topological polar surface area (TPSA) is 80.6 Å². The van der Waals surface area contributed by atoms with Crippen molar-refractivity contribution >= 4 is 11.8 Å². The molecule has 30 heavy (non-hydrogen) atoms. The number of likely N-dealkylation sites (tertiary alicyclic amines) is 1. The van der Waals surface area contributed by atoms with Crippen molar-refractivity contribution in [3.05, 3.63) is 64.1 Å². The first-order chi connectivity index (χ1) is 14.5. The summed E-state index contributed by atoms with van der Waals surface area (Å²) in [5.41, 5.74) is 1.96. The molecule has 2 aliphatic heterocycles. The fraction of sp³-hybridized carbons (Fsp3) is 0.435. The Bertz CT molecular complexity index is 1000. The predicted octanol–water partition coefficient (Wildman–Crippen LogP) is 1.90. The average molecular weight is 409 g/mol. The number of carbonyl (C=O) groups is 2. The molecule has 1 aromatic heterocycles. The van der Waals surface area contributed by atoms with E-state index in [1.807, 2.05) is 39.8 Å². The van der Waals surface area contributed by atoms with Crippen LogP contribution in [0.2, 0.25) is 0 Å². The molecule has 7 nitrogen and oxygen atoms in total. The molecule has 2 aromatic rings. The van der Waals surface area contributed by atoms with Gasteiger partial charge in [0.05, 0.1) is 7.11 Å². The Morgan fingerprint density at radius 2 is 1.90 bits per heavy atom. The predicted molar refractivity (Wildman–Crippen MR) is 112 cm³/mol. The number of piperidine rings is 1. The molecule has 1 N–H and O–H groups in total. The van der Waals surface area contributed by atoms with Crippen LogP contribution in [0.25, 0.3) is 0 Å². The third-order valence-electron chi connectivity index (χ3n) is 6.07.